The van der Waals surface area contributed by atoms with Gasteiger partial charge in [0.25, 0.3) is 5.91 Å². The number of sulfonamides is 1. The number of nitrogens with one attached hydrogen (secondary N) is 2. The van der Waals surface area contributed by atoms with Gasteiger partial charge in [0.15, 0.2) is 6.17 Å². The monoisotopic (exact) mass is 642 g/mol. The Morgan fingerprint density at radius 3 is 2.22 bits per heavy atom. The summed E-state index contributed by atoms with van der Waals surface area (Å²) in [6.45, 7) is -0.451. The fourth-order valence-corrected chi connectivity index (χ4v) is 6.27. The van der Waals surface area contributed by atoms with Crippen molar-refractivity contribution in [3.8, 4) is 0 Å². The summed E-state index contributed by atoms with van der Waals surface area (Å²) in [5.41, 5.74) is 0.593. The van der Waals surface area contributed by atoms with Gasteiger partial charge in [-0.3, -0.25) is 14.5 Å². The quantitative estimate of drug-likeness (QED) is 0.317. The molecule has 2 atom stereocenters. The molecule has 10 nitrogen and oxygen atoms in total. The van der Waals surface area contributed by atoms with Gasteiger partial charge in [0.1, 0.15) is 5.82 Å². The molecule has 216 valence electrons. The van der Waals surface area contributed by atoms with Gasteiger partial charge in [0, 0.05) is 23.8 Å². The predicted octanol–water partition coefficient (Wildman–Crippen LogP) is 4.98. The minimum atomic E-state index is -4.42. The Balaban J connectivity index is 1.70. The van der Waals surface area contributed by atoms with Crippen molar-refractivity contribution >= 4 is 68.4 Å². The number of rotatable bonds is 8. The Hall–Kier alpha value is -3.42. The second-order valence-corrected chi connectivity index (χ2v) is 12.0. The van der Waals surface area contributed by atoms with Crippen molar-refractivity contribution in [2.75, 3.05) is 18.4 Å². The number of carbonyl (C=O) groups excluding carboxylic acids is 2. The van der Waals surface area contributed by atoms with Gasteiger partial charge in [-0.15, -0.1) is 0 Å². The Bertz CT molecular complexity index is 1580. The molecule has 3 aromatic carbocycles. The maximum Gasteiger partial charge on any atom is 0.323 e. The molecule has 1 fully saturated rings. The minimum absolute atomic E-state index is 0.0388. The summed E-state index contributed by atoms with van der Waals surface area (Å²) in [4.78, 5) is 39.3. The molecule has 0 bridgehead atoms. The van der Waals surface area contributed by atoms with E-state index >= 15 is 0 Å². The number of amides is 3. The van der Waals surface area contributed by atoms with E-state index in [4.69, 9.17) is 34.8 Å². The highest BCUT2D eigenvalue weighted by Gasteiger charge is 2.47. The molecular weight excluding hydrogens is 622 g/mol. The van der Waals surface area contributed by atoms with Gasteiger partial charge in [-0.1, -0.05) is 46.9 Å². The molecule has 2 unspecified atom stereocenters. The normalized spacial score (nSPS) is 16.3. The molecule has 1 aliphatic rings. The first-order chi connectivity index (χ1) is 19.4. The second-order valence-electron chi connectivity index (χ2n) is 8.91. The number of hydrogen-bond donors (Lipinski definition) is 3. The van der Waals surface area contributed by atoms with Crippen LogP contribution >= 0.6 is 34.8 Å². The Kier molecular flexibility index (Phi) is 9.40. The van der Waals surface area contributed by atoms with Crippen LogP contribution in [0.25, 0.3) is 0 Å². The Labute approximate surface area is 249 Å². The second kappa shape index (κ2) is 12.6. The lowest BCUT2D eigenvalue weighted by molar-refractivity contribution is -0.138. The van der Waals surface area contributed by atoms with E-state index in [0.717, 1.165) is 27.4 Å². The molecule has 0 radical (unpaired) electrons. The van der Waals surface area contributed by atoms with E-state index in [0.29, 0.717) is 10.7 Å². The number of aliphatic carboxylic acids is 1. The van der Waals surface area contributed by atoms with Crippen LogP contribution in [0.1, 0.15) is 18.0 Å². The zero-order valence-electron chi connectivity index (χ0n) is 20.9. The highest BCUT2D eigenvalue weighted by atomic mass is 35.5. The number of anilines is 1. The Morgan fingerprint density at radius 1 is 0.951 bits per heavy atom. The van der Waals surface area contributed by atoms with Crippen molar-refractivity contribution in [2.24, 2.45) is 0 Å². The summed E-state index contributed by atoms with van der Waals surface area (Å²) >= 11 is 17.9. The number of hydrogen-bond acceptors (Lipinski definition) is 5. The molecule has 3 amide bonds. The number of benzene rings is 3. The third-order valence-electron chi connectivity index (χ3n) is 6.19. The zero-order chi connectivity index (χ0) is 29.9. The van der Waals surface area contributed by atoms with E-state index < -0.39 is 52.4 Å². The van der Waals surface area contributed by atoms with Crippen molar-refractivity contribution < 1.29 is 32.3 Å². The number of carbonyl (C=O) groups is 3. The number of halogens is 4. The van der Waals surface area contributed by atoms with Crippen molar-refractivity contribution in [2.45, 2.75) is 23.5 Å². The van der Waals surface area contributed by atoms with E-state index in [1.165, 1.54) is 48.5 Å². The first kappa shape index (κ1) is 30.5. The summed E-state index contributed by atoms with van der Waals surface area (Å²) in [5, 5.41) is 15.1. The van der Waals surface area contributed by atoms with Gasteiger partial charge in [-0.05, 0) is 60.2 Å². The van der Waals surface area contributed by atoms with Crippen molar-refractivity contribution in [3.63, 3.8) is 0 Å². The average Bonchev–Trinajstić information content (AvgIpc) is 3.38. The van der Waals surface area contributed by atoms with Gasteiger partial charge >= 0.3 is 12.0 Å². The number of nitrogens with zero attached hydrogens (tertiary/aromatic N) is 2. The van der Waals surface area contributed by atoms with Crippen LogP contribution < -0.4 is 10.6 Å². The van der Waals surface area contributed by atoms with Crippen LogP contribution in [0.4, 0.5) is 14.9 Å². The highest BCUT2D eigenvalue weighted by Crippen LogP contribution is 2.31. The van der Waals surface area contributed by atoms with Gasteiger partial charge in [0.05, 0.1) is 27.4 Å². The van der Waals surface area contributed by atoms with Crippen LogP contribution in [0.5, 0.6) is 0 Å². The number of urea groups is 1. The molecule has 1 saturated heterocycles. The largest absolute Gasteiger partial charge is 0.481 e. The fraction of sp³-hybridized carbons (Fsp3) is 0.192. The molecule has 15 heteroatoms. The van der Waals surface area contributed by atoms with Crippen LogP contribution in [-0.2, 0) is 19.6 Å². The molecule has 1 aliphatic heterocycles. The van der Waals surface area contributed by atoms with Gasteiger partial charge < -0.3 is 15.7 Å². The SMILES string of the molecule is O=C(O)CC(NC(=O)C1N(C(=O)Nc2ccc(Cl)cc2)CCN1S(=O)(=O)c1ccc(Cl)c(Cl)c1)c1ccc(F)cc1. The first-order valence-corrected chi connectivity index (χ1v) is 14.5. The smallest absolute Gasteiger partial charge is 0.323 e. The molecule has 1 heterocycles. The van der Waals surface area contributed by atoms with Crippen LogP contribution in [0, 0.1) is 5.82 Å². The van der Waals surface area contributed by atoms with E-state index in [1.54, 1.807) is 0 Å². The molecule has 4 rings (SSSR count). The summed E-state index contributed by atoms with van der Waals surface area (Å²) in [6.07, 6.45) is -2.32. The van der Waals surface area contributed by atoms with E-state index in [2.05, 4.69) is 10.6 Å². The lowest BCUT2D eigenvalue weighted by atomic mass is 10.0. The summed E-state index contributed by atoms with van der Waals surface area (Å²) in [7, 11) is -4.42. The van der Waals surface area contributed by atoms with E-state index in [9.17, 15) is 32.3 Å². The third kappa shape index (κ3) is 7.08. The summed E-state index contributed by atoms with van der Waals surface area (Å²) in [5.74, 6) is -2.83. The summed E-state index contributed by atoms with van der Waals surface area (Å²) in [6, 6.07) is 12.5. The molecule has 3 aromatic rings. The van der Waals surface area contributed by atoms with Crippen LogP contribution in [0.3, 0.4) is 0 Å². The van der Waals surface area contributed by atoms with E-state index in [-0.39, 0.29) is 33.6 Å². The molecule has 0 aromatic heterocycles. The molecule has 0 spiro atoms. The average molecular weight is 644 g/mol. The number of carboxylic acids is 1. The predicted molar refractivity (Wildman–Crippen MR) is 151 cm³/mol. The Morgan fingerprint density at radius 2 is 1.61 bits per heavy atom. The van der Waals surface area contributed by atoms with Crippen molar-refractivity contribution in [1.29, 1.82) is 0 Å². The fourth-order valence-electron chi connectivity index (χ4n) is 4.21. The van der Waals surface area contributed by atoms with Crippen LogP contribution in [0.2, 0.25) is 15.1 Å². The van der Waals surface area contributed by atoms with Gasteiger partial charge in [-0.25, -0.2) is 17.6 Å². The van der Waals surface area contributed by atoms with Crippen molar-refractivity contribution in [1.82, 2.24) is 14.5 Å². The first-order valence-electron chi connectivity index (χ1n) is 11.9. The molecule has 0 saturated carbocycles. The van der Waals surface area contributed by atoms with Gasteiger partial charge in [0.2, 0.25) is 10.0 Å². The minimum Gasteiger partial charge on any atom is -0.481 e. The maximum atomic E-state index is 13.7. The molecular formula is C26H22Cl3FN4O6S. The topological polar surface area (TPSA) is 136 Å². The molecule has 41 heavy (non-hydrogen) atoms. The highest BCUT2D eigenvalue weighted by molar-refractivity contribution is 7.89. The number of carboxylic acid groups (broad SMARTS) is 1. The standard InChI is InChI=1S/C26H22Cl3FN4O6S/c27-16-3-7-18(8-4-16)31-26(38)33-11-12-34(41(39,40)19-9-10-20(28)21(29)13-19)25(33)24(37)32-22(14-23(35)36)15-1-5-17(30)6-2-15/h1-10,13,22,25H,11-12,14H2,(H,31,38)(H,32,37)(H,35,36). The maximum absolute atomic E-state index is 13.7. The van der Waals surface area contributed by atoms with Gasteiger partial charge in [-0.2, -0.15) is 4.31 Å². The lowest BCUT2D eigenvalue weighted by Crippen LogP contribution is -2.55. The molecule has 0 aliphatic carbocycles. The lowest BCUT2D eigenvalue weighted by Gasteiger charge is -2.30. The summed E-state index contributed by atoms with van der Waals surface area (Å²) < 4.78 is 41.7. The third-order valence-corrected chi connectivity index (χ3v) is 9.03. The van der Waals surface area contributed by atoms with Crippen LogP contribution in [0.15, 0.2) is 71.6 Å². The zero-order valence-corrected chi connectivity index (χ0v) is 24.0. The van der Waals surface area contributed by atoms with Crippen molar-refractivity contribution in [3.05, 3.63) is 93.2 Å². The van der Waals surface area contributed by atoms with E-state index in [1.807, 2.05) is 0 Å². The van der Waals surface area contributed by atoms with Crippen LogP contribution in [-0.4, -0.2) is 59.9 Å². The molecule has 3 N–H and O–H groups in total.